The normalized spacial score (nSPS) is 12.1. The van der Waals surface area contributed by atoms with E-state index in [4.69, 9.17) is 9.72 Å². The third-order valence-electron chi connectivity index (χ3n) is 6.61. The molecule has 0 saturated carbocycles. The summed E-state index contributed by atoms with van der Waals surface area (Å²) in [5, 5.41) is 0. The van der Waals surface area contributed by atoms with E-state index in [0.717, 1.165) is 31.1 Å². The van der Waals surface area contributed by atoms with E-state index in [0.29, 0.717) is 0 Å². The van der Waals surface area contributed by atoms with Crippen LogP contribution < -0.4 is 4.74 Å². The van der Waals surface area contributed by atoms with Crippen molar-refractivity contribution < 1.29 is 4.74 Å². The molecule has 0 aliphatic rings. The van der Waals surface area contributed by atoms with E-state index in [2.05, 4.69) is 57.2 Å². The second-order valence-corrected chi connectivity index (χ2v) is 9.50. The molecule has 0 N–H and O–H groups in total. The monoisotopic (exact) mass is 437 g/mol. The molecule has 0 aliphatic carbocycles. The van der Waals surface area contributed by atoms with Crippen LogP contribution in [0.1, 0.15) is 110 Å². The summed E-state index contributed by atoms with van der Waals surface area (Å²) in [7, 11) is 0. The Morgan fingerprint density at radius 3 is 2.03 bits per heavy atom. The fraction of sp³-hybridized carbons (Fsp3) is 0.633. The molecule has 1 heterocycles. The lowest BCUT2D eigenvalue weighted by atomic mass is 10.0. The Labute approximate surface area is 198 Å². The molecule has 0 radical (unpaired) electrons. The van der Waals surface area contributed by atoms with Gasteiger partial charge in [-0.2, -0.15) is 0 Å². The summed E-state index contributed by atoms with van der Waals surface area (Å²) in [6.45, 7) is 7.72. The van der Waals surface area contributed by atoms with Gasteiger partial charge in [-0.3, -0.25) is 4.98 Å². The van der Waals surface area contributed by atoms with Gasteiger partial charge >= 0.3 is 0 Å². The van der Waals surface area contributed by atoms with Crippen LogP contribution in [0.25, 0.3) is 11.1 Å². The minimum absolute atomic E-state index is 0.814. The molecule has 0 aliphatic heterocycles. The van der Waals surface area contributed by atoms with Crippen LogP contribution in [0.15, 0.2) is 42.6 Å². The molecular weight excluding hydrogens is 390 g/mol. The van der Waals surface area contributed by atoms with Gasteiger partial charge in [-0.15, -0.1) is 0 Å². The molecule has 178 valence electrons. The molecule has 0 saturated heterocycles. The Kier molecular flexibility index (Phi) is 13.8. The Bertz CT molecular complexity index is 692. The summed E-state index contributed by atoms with van der Waals surface area (Å²) in [6.07, 6.45) is 20.4. The smallest absolute Gasteiger partial charge is 0.119 e. The summed E-state index contributed by atoms with van der Waals surface area (Å²) in [6, 6.07) is 12.9. The van der Waals surface area contributed by atoms with Crippen molar-refractivity contribution in [3.05, 3.63) is 48.3 Å². The lowest BCUT2D eigenvalue weighted by Crippen LogP contribution is -1.98. The van der Waals surface area contributed by atoms with Crippen LogP contribution in [-0.4, -0.2) is 11.6 Å². The summed E-state index contributed by atoms with van der Waals surface area (Å²) >= 11 is 0. The molecular formula is C30H47NO. The third kappa shape index (κ3) is 11.2. The van der Waals surface area contributed by atoms with Crippen molar-refractivity contribution in [2.75, 3.05) is 6.61 Å². The number of aryl methyl sites for hydroxylation is 1. The molecule has 2 rings (SSSR count). The zero-order chi connectivity index (χ0) is 22.9. The Hall–Kier alpha value is -1.83. The topological polar surface area (TPSA) is 22.1 Å². The van der Waals surface area contributed by atoms with Crippen LogP contribution in [0, 0.1) is 5.92 Å². The second-order valence-electron chi connectivity index (χ2n) is 9.50. The summed E-state index contributed by atoms with van der Waals surface area (Å²) in [5.41, 5.74) is 3.60. The van der Waals surface area contributed by atoms with Crippen molar-refractivity contribution in [3.8, 4) is 16.9 Å². The number of ether oxygens (including phenoxy) is 1. The van der Waals surface area contributed by atoms with E-state index in [-0.39, 0.29) is 0 Å². The van der Waals surface area contributed by atoms with Gasteiger partial charge in [-0.1, -0.05) is 110 Å². The van der Waals surface area contributed by atoms with E-state index < -0.39 is 0 Å². The Morgan fingerprint density at radius 2 is 1.38 bits per heavy atom. The number of hydrogen-bond donors (Lipinski definition) is 0. The lowest BCUT2D eigenvalue weighted by Gasteiger charge is -2.09. The molecule has 1 aromatic heterocycles. The molecule has 1 aromatic carbocycles. The van der Waals surface area contributed by atoms with Crippen LogP contribution >= 0.6 is 0 Å². The molecule has 2 aromatic rings. The van der Waals surface area contributed by atoms with E-state index in [1.54, 1.807) is 0 Å². The maximum absolute atomic E-state index is 5.93. The van der Waals surface area contributed by atoms with E-state index >= 15 is 0 Å². The molecule has 0 spiro atoms. The number of benzene rings is 1. The Balaban J connectivity index is 1.63. The highest BCUT2D eigenvalue weighted by atomic mass is 16.5. The van der Waals surface area contributed by atoms with Gasteiger partial charge in [0, 0.05) is 17.5 Å². The zero-order valence-electron chi connectivity index (χ0n) is 21.1. The molecule has 0 fully saturated rings. The fourth-order valence-corrected chi connectivity index (χ4v) is 4.09. The SMILES string of the molecule is CCCCCCCCCCc1ccc(-c2ccc(OCCCCC[C@@H](C)CC)cc2)cn1. The fourth-order valence-electron chi connectivity index (χ4n) is 4.09. The van der Waals surface area contributed by atoms with Crippen LogP contribution in [0.2, 0.25) is 0 Å². The maximum atomic E-state index is 5.93. The average molecular weight is 438 g/mol. The number of aromatic nitrogens is 1. The quantitative estimate of drug-likeness (QED) is 0.217. The highest BCUT2D eigenvalue weighted by molar-refractivity contribution is 5.63. The standard InChI is InChI=1S/C30H47NO/c1-4-6-7-8-9-10-11-14-17-29-21-18-28(25-31-29)27-19-22-30(23-20-27)32-24-15-12-13-16-26(3)5-2/h18-23,25-26H,4-17,24H2,1-3H3/t26-/m0/s1. The number of rotatable bonds is 18. The number of unbranched alkanes of at least 4 members (excludes halogenated alkanes) is 9. The lowest BCUT2D eigenvalue weighted by molar-refractivity contribution is 0.302. The number of hydrogen-bond acceptors (Lipinski definition) is 2. The van der Waals surface area contributed by atoms with Gasteiger partial charge < -0.3 is 4.74 Å². The molecule has 0 unspecified atom stereocenters. The zero-order valence-corrected chi connectivity index (χ0v) is 21.1. The third-order valence-corrected chi connectivity index (χ3v) is 6.61. The summed E-state index contributed by atoms with van der Waals surface area (Å²) < 4.78 is 5.93. The van der Waals surface area contributed by atoms with E-state index in [9.17, 15) is 0 Å². The van der Waals surface area contributed by atoms with Crippen LogP contribution in [0.3, 0.4) is 0 Å². The molecule has 0 bridgehead atoms. The minimum Gasteiger partial charge on any atom is -0.494 e. The molecule has 2 heteroatoms. The minimum atomic E-state index is 0.814. The predicted molar refractivity (Wildman–Crippen MR) is 139 cm³/mol. The predicted octanol–water partition coefficient (Wildman–Crippen LogP) is 9.42. The first-order valence-corrected chi connectivity index (χ1v) is 13.4. The van der Waals surface area contributed by atoms with Gasteiger partial charge in [0.2, 0.25) is 0 Å². The van der Waals surface area contributed by atoms with E-state index in [1.807, 2.05) is 6.20 Å². The van der Waals surface area contributed by atoms with Crippen molar-refractivity contribution in [2.45, 2.75) is 111 Å². The van der Waals surface area contributed by atoms with Crippen molar-refractivity contribution >= 4 is 0 Å². The molecule has 32 heavy (non-hydrogen) atoms. The first-order chi connectivity index (χ1) is 15.7. The highest BCUT2D eigenvalue weighted by Crippen LogP contribution is 2.23. The average Bonchev–Trinajstić information content (AvgIpc) is 2.83. The van der Waals surface area contributed by atoms with Gasteiger partial charge in [-0.25, -0.2) is 0 Å². The molecule has 1 atom stereocenters. The molecule has 0 amide bonds. The van der Waals surface area contributed by atoms with Crippen molar-refractivity contribution in [1.29, 1.82) is 0 Å². The van der Waals surface area contributed by atoms with Crippen molar-refractivity contribution in [3.63, 3.8) is 0 Å². The van der Waals surface area contributed by atoms with Gasteiger partial charge in [0.15, 0.2) is 0 Å². The summed E-state index contributed by atoms with van der Waals surface area (Å²) in [5.74, 6) is 1.83. The van der Waals surface area contributed by atoms with Crippen molar-refractivity contribution in [2.24, 2.45) is 5.92 Å². The summed E-state index contributed by atoms with van der Waals surface area (Å²) in [4.78, 5) is 4.70. The largest absolute Gasteiger partial charge is 0.494 e. The van der Waals surface area contributed by atoms with Crippen molar-refractivity contribution in [1.82, 2.24) is 4.98 Å². The van der Waals surface area contributed by atoms with E-state index in [1.165, 1.54) is 93.9 Å². The highest BCUT2D eigenvalue weighted by Gasteiger charge is 2.02. The number of pyridine rings is 1. The number of nitrogens with zero attached hydrogens (tertiary/aromatic N) is 1. The van der Waals surface area contributed by atoms with Crippen LogP contribution in [-0.2, 0) is 6.42 Å². The molecule has 2 nitrogen and oxygen atoms in total. The first kappa shape index (κ1) is 26.4. The van der Waals surface area contributed by atoms with Crippen LogP contribution in [0.4, 0.5) is 0 Å². The van der Waals surface area contributed by atoms with Gasteiger partial charge in [0.1, 0.15) is 5.75 Å². The first-order valence-electron chi connectivity index (χ1n) is 13.4. The maximum Gasteiger partial charge on any atom is 0.119 e. The second kappa shape index (κ2) is 16.8. The van der Waals surface area contributed by atoms with Gasteiger partial charge in [0.25, 0.3) is 0 Å². The Morgan fingerprint density at radius 1 is 0.719 bits per heavy atom. The van der Waals surface area contributed by atoms with Gasteiger partial charge in [0.05, 0.1) is 6.61 Å². The van der Waals surface area contributed by atoms with Crippen LogP contribution in [0.5, 0.6) is 5.75 Å². The van der Waals surface area contributed by atoms with Gasteiger partial charge in [-0.05, 0) is 48.9 Å².